The molecule has 3 N–H and O–H groups in total. The highest BCUT2D eigenvalue weighted by atomic mass is 16.5. The smallest absolute Gasteiger partial charge is 0.407 e. The molecular formula is C35H43N7O3. The average molecular weight is 610 g/mol. The van der Waals surface area contributed by atoms with Gasteiger partial charge in [-0.3, -0.25) is 4.90 Å². The van der Waals surface area contributed by atoms with Crippen LogP contribution in [0.1, 0.15) is 58.9 Å². The summed E-state index contributed by atoms with van der Waals surface area (Å²) >= 11 is 0. The van der Waals surface area contributed by atoms with Crippen molar-refractivity contribution in [2.45, 2.75) is 65.0 Å². The Bertz CT molecular complexity index is 1670. The number of para-hydroxylation sites is 1. The first kappa shape index (κ1) is 29.5. The SMILES string of the molecule is CC(C)(C)C1C(N2CCC(n3nc(-c4ccc(Oc5ccccc5)cc4)c4c(N)ncnc43)CC2)CC12CCN(C(=O)O)CC2. The number of rotatable bonds is 5. The quantitative estimate of drug-likeness (QED) is 0.256. The lowest BCUT2D eigenvalue weighted by molar-refractivity contribution is -0.156. The maximum absolute atomic E-state index is 11.6. The molecular weight excluding hydrogens is 566 g/mol. The van der Waals surface area contributed by atoms with Crippen molar-refractivity contribution in [3.05, 3.63) is 60.9 Å². The molecule has 3 aliphatic rings. The third-order valence-electron chi connectivity index (χ3n) is 10.6. The van der Waals surface area contributed by atoms with Gasteiger partial charge in [0.2, 0.25) is 0 Å². The van der Waals surface area contributed by atoms with Crippen molar-refractivity contribution in [1.29, 1.82) is 0 Å². The summed E-state index contributed by atoms with van der Waals surface area (Å²) in [7, 11) is 0. The lowest BCUT2D eigenvalue weighted by Crippen LogP contribution is -2.66. The highest BCUT2D eigenvalue weighted by molar-refractivity contribution is 5.98. The van der Waals surface area contributed by atoms with Crippen molar-refractivity contribution in [2.75, 3.05) is 31.9 Å². The summed E-state index contributed by atoms with van der Waals surface area (Å²) in [5.74, 6) is 2.53. The van der Waals surface area contributed by atoms with Crippen LogP contribution in [0.15, 0.2) is 60.9 Å². The third kappa shape index (κ3) is 5.39. The summed E-state index contributed by atoms with van der Waals surface area (Å²) in [5.41, 5.74) is 9.35. The number of piperidine rings is 2. The molecule has 3 fully saturated rings. The molecule has 1 amide bonds. The van der Waals surface area contributed by atoms with Crippen LogP contribution in [0.25, 0.3) is 22.3 Å². The highest BCUT2D eigenvalue weighted by Gasteiger charge is 2.60. The molecule has 45 heavy (non-hydrogen) atoms. The molecule has 1 spiro atoms. The van der Waals surface area contributed by atoms with E-state index in [1.54, 1.807) is 4.90 Å². The van der Waals surface area contributed by atoms with Gasteiger partial charge < -0.3 is 20.5 Å². The molecule has 1 aliphatic carbocycles. The molecule has 2 unspecified atom stereocenters. The van der Waals surface area contributed by atoms with Crippen molar-refractivity contribution < 1.29 is 14.6 Å². The molecule has 7 rings (SSSR count). The van der Waals surface area contributed by atoms with Crippen LogP contribution in [0.4, 0.5) is 10.6 Å². The molecule has 2 aromatic heterocycles. The number of nitrogens with two attached hydrogens (primary N) is 1. The van der Waals surface area contributed by atoms with Crippen LogP contribution in [-0.2, 0) is 0 Å². The van der Waals surface area contributed by atoms with Gasteiger partial charge in [0.05, 0.1) is 11.4 Å². The minimum Gasteiger partial charge on any atom is -0.465 e. The first-order chi connectivity index (χ1) is 21.6. The van der Waals surface area contributed by atoms with Crippen LogP contribution in [0.5, 0.6) is 11.5 Å². The fourth-order valence-corrected chi connectivity index (χ4v) is 8.62. The highest BCUT2D eigenvalue weighted by Crippen LogP contribution is 2.62. The Labute approximate surface area is 264 Å². The average Bonchev–Trinajstić information content (AvgIpc) is 3.41. The summed E-state index contributed by atoms with van der Waals surface area (Å²) in [5, 5.41) is 15.4. The van der Waals surface area contributed by atoms with Crippen LogP contribution in [-0.4, -0.2) is 73.0 Å². The fraction of sp³-hybridized carbons (Fsp3) is 0.486. The molecule has 10 nitrogen and oxygen atoms in total. The Balaban J connectivity index is 1.08. The van der Waals surface area contributed by atoms with Gasteiger partial charge in [-0.15, -0.1) is 0 Å². The zero-order valence-electron chi connectivity index (χ0n) is 26.4. The van der Waals surface area contributed by atoms with Gasteiger partial charge in [-0.05, 0) is 85.3 Å². The number of carbonyl (C=O) groups is 1. The van der Waals surface area contributed by atoms with Gasteiger partial charge in [0.15, 0.2) is 5.65 Å². The third-order valence-corrected chi connectivity index (χ3v) is 10.6. The first-order valence-electron chi connectivity index (χ1n) is 16.2. The number of ether oxygens (including phenoxy) is 1. The molecule has 4 heterocycles. The summed E-state index contributed by atoms with van der Waals surface area (Å²) in [6.45, 7) is 10.4. The maximum atomic E-state index is 11.6. The number of nitrogen functional groups attached to an aromatic ring is 1. The van der Waals surface area contributed by atoms with E-state index in [1.807, 2.05) is 54.6 Å². The van der Waals surface area contributed by atoms with Gasteiger partial charge in [-0.1, -0.05) is 39.0 Å². The molecule has 10 heteroatoms. The number of anilines is 1. The summed E-state index contributed by atoms with van der Waals surface area (Å²) in [6.07, 6.45) is 5.81. The number of amides is 1. The molecule has 4 aromatic rings. The number of hydrogen-bond acceptors (Lipinski definition) is 7. The van der Waals surface area contributed by atoms with Gasteiger partial charge in [-0.25, -0.2) is 19.4 Å². The van der Waals surface area contributed by atoms with E-state index in [2.05, 4.69) is 40.3 Å². The van der Waals surface area contributed by atoms with Gasteiger partial charge in [0.1, 0.15) is 29.3 Å². The second-order valence-electron chi connectivity index (χ2n) is 14.2. The van der Waals surface area contributed by atoms with E-state index in [1.165, 1.54) is 6.33 Å². The summed E-state index contributed by atoms with van der Waals surface area (Å²) < 4.78 is 8.08. The van der Waals surface area contributed by atoms with Crippen LogP contribution in [0, 0.1) is 16.7 Å². The molecule has 0 bridgehead atoms. The Kier molecular flexibility index (Phi) is 7.43. The van der Waals surface area contributed by atoms with Crippen LogP contribution >= 0.6 is 0 Å². The van der Waals surface area contributed by atoms with Crippen LogP contribution < -0.4 is 10.5 Å². The Morgan fingerprint density at radius 1 is 0.956 bits per heavy atom. The van der Waals surface area contributed by atoms with Crippen LogP contribution in [0.3, 0.4) is 0 Å². The number of carboxylic acid groups (broad SMARTS) is 1. The van der Waals surface area contributed by atoms with Crippen molar-refractivity contribution in [2.24, 2.45) is 16.7 Å². The Morgan fingerprint density at radius 2 is 1.62 bits per heavy atom. The standard InChI is InChI=1S/C35H43N7O3/c1-34(2,3)30-27(21-35(30)15-19-41(20-16-35)33(43)44)40-17-13-24(14-18-40)42-32-28(31(36)37-22-38-32)29(39-42)23-9-11-26(12-10-23)45-25-7-5-4-6-8-25/h4-12,22,24,27,30H,13-21H2,1-3H3,(H,43,44)(H2,36,37,38). The summed E-state index contributed by atoms with van der Waals surface area (Å²) in [4.78, 5) is 24.8. The van der Waals surface area contributed by atoms with E-state index < -0.39 is 6.09 Å². The number of benzene rings is 2. The molecule has 2 aliphatic heterocycles. The Morgan fingerprint density at radius 3 is 2.27 bits per heavy atom. The minimum atomic E-state index is -0.787. The largest absolute Gasteiger partial charge is 0.465 e. The molecule has 236 valence electrons. The zero-order valence-corrected chi connectivity index (χ0v) is 26.4. The van der Waals surface area contributed by atoms with E-state index in [9.17, 15) is 9.90 Å². The van der Waals surface area contributed by atoms with Crippen molar-refractivity contribution >= 4 is 22.9 Å². The lowest BCUT2D eigenvalue weighted by atomic mass is 9.46. The molecule has 2 saturated heterocycles. The van der Waals surface area contributed by atoms with Gasteiger partial charge in [-0.2, -0.15) is 5.10 Å². The normalized spacial score (nSPS) is 22.4. The lowest BCUT2D eigenvalue weighted by Gasteiger charge is -2.65. The second-order valence-corrected chi connectivity index (χ2v) is 14.2. The Hall–Kier alpha value is -4.18. The van der Waals surface area contributed by atoms with Crippen molar-refractivity contribution in [1.82, 2.24) is 29.5 Å². The molecule has 1 saturated carbocycles. The zero-order chi connectivity index (χ0) is 31.3. The molecule has 2 aromatic carbocycles. The summed E-state index contributed by atoms with van der Waals surface area (Å²) in [6, 6.07) is 18.4. The monoisotopic (exact) mass is 609 g/mol. The first-order valence-corrected chi connectivity index (χ1v) is 16.2. The van der Waals surface area contributed by atoms with Gasteiger partial charge in [0.25, 0.3) is 0 Å². The van der Waals surface area contributed by atoms with Crippen molar-refractivity contribution in [3.63, 3.8) is 0 Å². The van der Waals surface area contributed by atoms with E-state index in [0.717, 1.165) is 79.0 Å². The van der Waals surface area contributed by atoms with E-state index in [-0.39, 0.29) is 16.9 Å². The van der Waals surface area contributed by atoms with Gasteiger partial charge >= 0.3 is 6.09 Å². The predicted octanol–water partition coefficient (Wildman–Crippen LogP) is 6.70. The van der Waals surface area contributed by atoms with Gasteiger partial charge in [0, 0.05) is 37.8 Å². The van der Waals surface area contributed by atoms with E-state index >= 15 is 0 Å². The fourth-order valence-electron chi connectivity index (χ4n) is 8.62. The number of nitrogens with zero attached hydrogens (tertiary/aromatic N) is 6. The van der Waals surface area contributed by atoms with E-state index in [0.29, 0.717) is 30.9 Å². The topological polar surface area (TPSA) is 123 Å². The molecule has 2 atom stereocenters. The second kappa shape index (κ2) is 11.3. The van der Waals surface area contributed by atoms with E-state index in [4.69, 9.17) is 15.6 Å². The number of aromatic nitrogens is 4. The number of fused-ring (bicyclic) bond motifs is 1. The maximum Gasteiger partial charge on any atom is 0.407 e. The van der Waals surface area contributed by atoms with Crippen LogP contribution in [0.2, 0.25) is 0 Å². The molecule has 0 radical (unpaired) electrons. The minimum absolute atomic E-state index is 0.161. The number of hydrogen-bond donors (Lipinski definition) is 2. The predicted molar refractivity (Wildman–Crippen MR) is 174 cm³/mol. The number of likely N-dealkylation sites (tertiary alicyclic amines) is 2. The van der Waals surface area contributed by atoms with Crippen molar-refractivity contribution in [3.8, 4) is 22.8 Å².